The lowest BCUT2D eigenvalue weighted by Gasteiger charge is -2.38. The van der Waals surface area contributed by atoms with E-state index >= 15 is 0 Å². The summed E-state index contributed by atoms with van der Waals surface area (Å²) in [6.07, 6.45) is 4.08. The number of aliphatic carboxylic acids is 1. The predicted octanol–water partition coefficient (Wildman–Crippen LogP) is 13.2. The quantitative estimate of drug-likeness (QED) is 0.137. The largest absolute Gasteiger partial charge is 0.480 e. The van der Waals surface area contributed by atoms with Gasteiger partial charge in [0.25, 0.3) is 11.8 Å². The first kappa shape index (κ1) is 69.8. The van der Waals surface area contributed by atoms with Crippen molar-refractivity contribution < 1.29 is 33.9 Å². The van der Waals surface area contributed by atoms with E-state index in [0.717, 1.165) is 89.4 Å². The van der Waals surface area contributed by atoms with Gasteiger partial charge in [-0.25, -0.2) is 14.8 Å². The monoisotopic (exact) mass is 1380 g/mol. The van der Waals surface area contributed by atoms with E-state index in [9.17, 15) is 33.9 Å². The highest BCUT2D eigenvalue weighted by molar-refractivity contribution is 8.18. The number of carboxylic acids is 1. The van der Waals surface area contributed by atoms with Crippen LogP contribution in [0.2, 0.25) is 20.1 Å². The fourth-order valence-corrected chi connectivity index (χ4v) is 17.7. The lowest BCUT2D eigenvalue weighted by atomic mass is 9.81. The molecule has 496 valence electrons. The summed E-state index contributed by atoms with van der Waals surface area (Å²) in [5.41, 5.74) is 4.59. The van der Waals surface area contributed by atoms with Gasteiger partial charge in [-0.05, 0) is 159 Å². The maximum Gasteiger partial charge on any atom is 0.326 e. The first-order valence-electron chi connectivity index (χ1n) is 32.3. The molecule has 8 atom stereocenters. The molecule has 0 saturated carbocycles. The highest BCUT2D eigenvalue weighted by Crippen LogP contribution is 2.59. The zero-order valence-electron chi connectivity index (χ0n) is 54.5. The summed E-state index contributed by atoms with van der Waals surface area (Å²) >= 11 is 27.9. The molecule has 8 aliphatic rings. The van der Waals surface area contributed by atoms with Gasteiger partial charge in [0.2, 0.25) is 17.7 Å². The van der Waals surface area contributed by atoms with Crippen molar-refractivity contribution >= 4 is 116 Å². The molecule has 0 spiro atoms. The van der Waals surface area contributed by atoms with Gasteiger partial charge in [-0.2, -0.15) is 0 Å². The highest BCUT2D eigenvalue weighted by Gasteiger charge is 2.57. The van der Waals surface area contributed by atoms with Gasteiger partial charge in [0.1, 0.15) is 33.0 Å². The topological polar surface area (TPSA) is 182 Å². The van der Waals surface area contributed by atoms with Crippen LogP contribution in [0.3, 0.4) is 0 Å². The molecule has 4 fully saturated rings. The highest BCUT2D eigenvalue weighted by atomic mass is 35.5. The molecule has 8 heterocycles. The minimum atomic E-state index is -0.948. The van der Waals surface area contributed by atoms with Crippen LogP contribution in [0.4, 0.5) is 0 Å². The van der Waals surface area contributed by atoms with Crippen molar-refractivity contribution in [2.45, 2.75) is 155 Å². The van der Waals surface area contributed by atoms with E-state index in [1.807, 2.05) is 119 Å². The van der Waals surface area contributed by atoms with E-state index in [-0.39, 0.29) is 65.5 Å². The number of amides is 5. The van der Waals surface area contributed by atoms with E-state index in [1.54, 1.807) is 23.6 Å². The smallest absolute Gasteiger partial charge is 0.326 e. The van der Waals surface area contributed by atoms with Crippen LogP contribution in [0, 0.1) is 11.8 Å². The molecule has 0 bridgehead atoms. The summed E-state index contributed by atoms with van der Waals surface area (Å²) in [6, 6.07) is 29.3. The van der Waals surface area contributed by atoms with Crippen molar-refractivity contribution in [3.8, 4) is 0 Å². The van der Waals surface area contributed by atoms with E-state index in [2.05, 4.69) is 63.6 Å². The van der Waals surface area contributed by atoms with Crippen molar-refractivity contribution in [2.75, 3.05) is 52.4 Å². The third-order valence-electron chi connectivity index (χ3n) is 19.3. The number of nitrogens with one attached hydrogen (secondary N) is 1. The van der Waals surface area contributed by atoms with Gasteiger partial charge in [-0.3, -0.25) is 24.0 Å². The number of rotatable bonds is 12. The first-order chi connectivity index (χ1) is 44.3. The number of benzene rings is 4. The van der Waals surface area contributed by atoms with E-state index in [4.69, 9.17) is 56.4 Å². The molecule has 0 radical (unpaired) electrons. The molecule has 4 saturated heterocycles. The minimum Gasteiger partial charge on any atom is -0.480 e. The van der Waals surface area contributed by atoms with Gasteiger partial charge in [0, 0.05) is 110 Å². The van der Waals surface area contributed by atoms with Crippen molar-refractivity contribution in [1.82, 2.24) is 39.6 Å². The third kappa shape index (κ3) is 14.0. The molecule has 93 heavy (non-hydrogen) atoms. The molecule has 4 aromatic carbocycles. The number of aliphatic imine (C=N–C) groups is 2. The first-order valence-corrected chi connectivity index (χ1v) is 35.5. The van der Waals surface area contributed by atoms with Crippen LogP contribution in [0.25, 0.3) is 0 Å². The van der Waals surface area contributed by atoms with E-state index in [0.29, 0.717) is 75.3 Å². The molecule has 0 aliphatic carbocycles. The maximum atomic E-state index is 14.8. The number of carbonyl (C=O) groups is 6. The van der Waals surface area contributed by atoms with Crippen LogP contribution in [0.1, 0.15) is 142 Å². The Morgan fingerprint density at radius 1 is 0.527 bits per heavy atom. The van der Waals surface area contributed by atoms with Gasteiger partial charge in [0.05, 0.1) is 12.1 Å². The number of hydrogen-bond donors (Lipinski definition) is 2. The Morgan fingerprint density at radius 3 is 1.22 bits per heavy atom. The maximum absolute atomic E-state index is 14.8. The molecule has 2 N–H and O–H groups in total. The number of amidine groups is 2. The number of likely N-dealkylation sites (tertiary alicyclic amines) is 2. The standard InChI is InChI=1S/C35H41Cl2N5O3S.C29H31Cl2N3O3S.C6H12N2O/c1-6-27-15-16-28(32(44)40-19-17-39(18-20-40)22(4)43)41(27)33(45)30-29(21(2)3)42-31(23-7-11-25(36)12-8-23)35(5,38-34(42)46-30)24-9-13-26(37)14-10-24;1-5-21-14-15-22(27(36)37)33(21)26(35)24-23(16(2)3)34-25(17-6-10-19(30)11-7-17)29(4,32-28(34)38-24)18-8-12-20(31)13-9-18;1-6(9)8-4-2-7-3-5-8/h7-14,21,27-28,31H,6,15-20H2,1-5H3;6-13,16,21-22,25H,5,14-15H2,1-4H3,(H,36,37);7H,2-5H2,1H3/t27-,28+,31-,35+;21-,22+,25-,29+;/m11./s1. The number of hydrogen-bond acceptors (Lipinski definition) is 13. The number of carboxylic acid groups (broad SMARTS) is 1. The fourth-order valence-electron chi connectivity index (χ4n) is 14.5. The minimum absolute atomic E-state index is 0.00229. The van der Waals surface area contributed by atoms with Crippen LogP contribution < -0.4 is 5.32 Å². The number of thioether (sulfide) groups is 2. The van der Waals surface area contributed by atoms with Crippen molar-refractivity contribution in [1.29, 1.82) is 0 Å². The zero-order valence-corrected chi connectivity index (χ0v) is 59.2. The number of carbonyl (C=O) groups excluding carboxylic acids is 5. The van der Waals surface area contributed by atoms with Gasteiger partial charge in [-0.15, -0.1) is 0 Å². The Morgan fingerprint density at radius 2 is 0.871 bits per heavy atom. The number of allylic oxidation sites excluding steroid dienone is 2. The molecule has 4 aromatic rings. The Labute approximate surface area is 575 Å². The van der Waals surface area contributed by atoms with Crippen molar-refractivity contribution in [3.63, 3.8) is 0 Å². The molecule has 17 nitrogen and oxygen atoms in total. The van der Waals surface area contributed by atoms with Gasteiger partial charge >= 0.3 is 5.97 Å². The number of halogens is 4. The number of fused-ring (bicyclic) bond motifs is 2. The van der Waals surface area contributed by atoms with Crippen LogP contribution in [0.5, 0.6) is 0 Å². The van der Waals surface area contributed by atoms with E-state index < -0.39 is 29.1 Å². The molecular weight excluding hydrogens is 1300 g/mol. The Hall–Kier alpha value is -6.06. The lowest BCUT2D eigenvalue weighted by molar-refractivity contribution is -0.148. The zero-order chi connectivity index (χ0) is 67.0. The number of piperazine rings is 2. The normalized spacial score (nSPS) is 25.9. The summed E-state index contributed by atoms with van der Waals surface area (Å²) in [5, 5.41) is 17.2. The second kappa shape index (κ2) is 29.1. The molecule has 0 unspecified atom stereocenters. The number of nitrogens with zero attached hydrogens (tertiary/aromatic N) is 9. The van der Waals surface area contributed by atoms with Crippen LogP contribution >= 0.6 is 69.9 Å². The van der Waals surface area contributed by atoms with Crippen molar-refractivity contribution in [3.05, 3.63) is 161 Å². The predicted molar refractivity (Wildman–Crippen MR) is 373 cm³/mol. The van der Waals surface area contributed by atoms with Crippen molar-refractivity contribution in [2.24, 2.45) is 21.8 Å². The van der Waals surface area contributed by atoms with Crippen LogP contribution in [-0.4, -0.2) is 162 Å². The molecule has 8 aliphatic heterocycles. The second-order valence-electron chi connectivity index (χ2n) is 25.8. The summed E-state index contributed by atoms with van der Waals surface area (Å²) in [4.78, 5) is 103. The molecule has 12 rings (SSSR count). The Kier molecular flexibility index (Phi) is 21.8. The SMILES string of the molecule is CC(=O)N1CCNCC1.CC[C@@H]1CC[C@@H](C(=O)N2CCN(C(C)=O)CC2)N1C(=O)C1=C(C(C)C)N2C(=N[C@@](C)(c3ccc(Cl)cc3)[C@H]2c2ccc(Cl)cc2)S1.CC[C@@H]1CC[C@@H](C(=O)O)N1C(=O)C1=C(C(C)C)N2C(=N[C@@](C)(c3ccc(Cl)cc3)[C@H]2c2ccc(Cl)cc2)S1. The lowest BCUT2D eigenvalue weighted by Crippen LogP contribution is -2.56. The van der Waals surface area contributed by atoms with Gasteiger partial charge < -0.3 is 44.7 Å². The molecule has 5 amide bonds. The van der Waals surface area contributed by atoms with E-state index in [1.165, 1.54) is 23.5 Å². The summed E-state index contributed by atoms with van der Waals surface area (Å²) in [7, 11) is 0. The average Bonchev–Trinajstić information content (AvgIpc) is 1.57. The fraction of sp³-hybridized carbons (Fsp3) is 0.486. The molecule has 23 heteroatoms. The Balaban J connectivity index is 0.000000181. The average molecular weight is 1380 g/mol. The summed E-state index contributed by atoms with van der Waals surface area (Å²) in [6.45, 7) is 25.5. The molecule has 0 aromatic heterocycles. The van der Waals surface area contributed by atoms with Crippen LogP contribution in [0.15, 0.2) is 128 Å². The Bertz CT molecular complexity index is 3610. The van der Waals surface area contributed by atoms with Gasteiger partial charge in [-0.1, -0.05) is 136 Å². The summed E-state index contributed by atoms with van der Waals surface area (Å²) in [5.74, 6) is -1.05. The van der Waals surface area contributed by atoms with Crippen LogP contribution in [-0.2, 0) is 39.8 Å². The summed E-state index contributed by atoms with van der Waals surface area (Å²) < 4.78 is 0. The third-order valence-corrected chi connectivity index (χ3v) is 22.4. The molecular formula is C70H84Cl4N10O7S2. The van der Waals surface area contributed by atoms with Gasteiger partial charge in [0.15, 0.2) is 10.3 Å². The second-order valence-corrected chi connectivity index (χ2v) is 29.5.